The number of rotatable bonds is 3. The maximum atomic E-state index is 2.46. The molecule has 0 saturated carbocycles. The van der Waals surface area contributed by atoms with Crippen molar-refractivity contribution in [1.29, 1.82) is 0 Å². The second-order valence-corrected chi connectivity index (χ2v) is 13.2. The molecule has 0 nitrogen and oxygen atoms in total. The Balaban J connectivity index is 1.24. The molecule has 0 aliphatic heterocycles. The number of benzene rings is 8. The molecule has 0 bridgehead atoms. The molecule has 0 amide bonds. The average Bonchev–Trinajstić information content (AvgIpc) is 3.16. The first-order valence-corrected chi connectivity index (χ1v) is 16.9. The maximum absolute atomic E-state index is 2.46. The van der Waals surface area contributed by atoms with Gasteiger partial charge in [-0.1, -0.05) is 164 Å². The predicted molar refractivity (Wildman–Crippen MR) is 206 cm³/mol. The molecule has 0 fully saturated rings. The van der Waals surface area contributed by atoms with Gasteiger partial charge in [0.1, 0.15) is 0 Å². The Labute approximate surface area is 280 Å². The van der Waals surface area contributed by atoms with E-state index in [9.17, 15) is 0 Å². The SMILES string of the molecule is C1=CC2C=Cc3cc(-c4c5ccccc5c(-c5cccc(-c6ccc7ccccc7c6)c5)c5ccccc45)c4ccccc4c3C2C=C1. The molecule has 0 N–H and O–H groups in total. The normalized spacial score (nSPS) is 16.5. The van der Waals surface area contributed by atoms with E-state index in [0.29, 0.717) is 11.8 Å². The van der Waals surface area contributed by atoms with Crippen molar-refractivity contribution < 1.29 is 0 Å². The first-order chi connectivity index (χ1) is 23.8. The van der Waals surface area contributed by atoms with Crippen LogP contribution in [0.25, 0.3) is 82.5 Å². The van der Waals surface area contributed by atoms with E-state index >= 15 is 0 Å². The van der Waals surface area contributed by atoms with E-state index in [1.807, 2.05) is 0 Å². The highest BCUT2D eigenvalue weighted by Crippen LogP contribution is 2.49. The monoisotopic (exact) mass is 608 g/mol. The highest BCUT2D eigenvalue weighted by atomic mass is 14.3. The van der Waals surface area contributed by atoms with Gasteiger partial charge < -0.3 is 0 Å². The van der Waals surface area contributed by atoms with Crippen LogP contribution in [0.2, 0.25) is 0 Å². The van der Waals surface area contributed by atoms with Crippen LogP contribution in [0.1, 0.15) is 17.0 Å². The summed E-state index contributed by atoms with van der Waals surface area (Å²) in [5.74, 6) is 0.766. The molecule has 0 saturated heterocycles. The van der Waals surface area contributed by atoms with Crippen molar-refractivity contribution in [3.63, 3.8) is 0 Å². The Morgan fingerprint density at radius 3 is 1.75 bits per heavy atom. The molecule has 224 valence electrons. The first-order valence-electron chi connectivity index (χ1n) is 16.9. The van der Waals surface area contributed by atoms with Crippen molar-refractivity contribution in [2.75, 3.05) is 0 Å². The second-order valence-electron chi connectivity index (χ2n) is 13.2. The van der Waals surface area contributed by atoms with Gasteiger partial charge in [0, 0.05) is 11.8 Å². The molecule has 0 heterocycles. The molecule has 2 atom stereocenters. The minimum atomic E-state index is 0.361. The average molecular weight is 609 g/mol. The van der Waals surface area contributed by atoms with E-state index in [2.05, 4.69) is 182 Å². The quantitative estimate of drug-likeness (QED) is 0.175. The first kappa shape index (κ1) is 27.2. The van der Waals surface area contributed by atoms with Crippen LogP contribution in [0.4, 0.5) is 0 Å². The molecule has 0 aromatic heterocycles. The van der Waals surface area contributed by atoms with Gasteiger partial charge in [0.15, 0.2) is 0 Å². The Morgan fingerprint density at radius 2 is 0.979 bits per heavy atom. The molecule has 0 radical (unpaired) electrons. The fraction of sp³-hybridized carbons (Fsp3) is 0.0417. The van der Waals surface area contributed by atoms with Crippen LogP contribution in [-0.4, -0.2) is 0 Å². The van der Waals surface area contributed by atoms with Crippen molar-refractivity contribution in [2.24, 2.45) is 5.92 Å². The van der Waals surface area contributed by atoms with Crippen LogP contribution < -0.4 is 0 Å². The fourth-order valence-corrected chi connectivity index (χ4v) is 8.40. The van der Waals surface area contributed by atoms with Crippen LogP contribution in [0.3, 0.4) is 0 Å². The predicted octanol–water partition coefficient (Wildman–Crippen LogP) is 13.2. The molecule has 2 aliphatic carbocycles. The second kappa shape index (κ2) is 10.8. The van der Waals surface area contributed by atoms with Gasteiger partial charge in [-0.2, -0.15) is 0 Å². The van der Waals surface area contributed by atoms with Crippen LogP contribution in [0.15, 0.2) is 176 Å². The number of hydrogen-bond donors (Lipinski definition) is 0. The lowest BCUT2D eigenvalue weighted by molar-refractivity contribution is 0.697. The van der Waals surface area contributed by atoms with Gasteiger partial charge in [-0.3, -0.25) is 0 Å². The number of hydrogen-bond acceptors (Lipinski definition) is 0. The smallest absolute Gasteiger partial charge is 0.0131 e. The zero-order valence-electron chi connectivity index (χ0n) is 26.5. The van der Waals surface area contributed by atoms with Crippen LogP contribution in [-0.2, 0) is 0 Å². The van der Waals surface area contributed by atoms with Gasteiger partial charge >= 0.3 is 0 Å². The third kappa shape index (κ3) is 4.16. The summed E-state index contributed by atoms with van der Waals surface area (Å²) in [6.45, 7) is 0. The highest BCUT2D eigenvalue weighted by Gasteiger charge is 2.28. The summed E-state index contributed by atoms with van der Waals surface area (Å²) in [5.41, 5.74) is 10.4. The fourth-order valence-electron chi connectivity index (χ4n) is 8.40. The van der Waals surface area contributed by atoms with Gasteiger partial charge in [-0.15, -0.1) is 0 Å². The lowest BCUT2D eigenvalue weighted by Gasteiger charge is -2.30. The van der Waals surface area contributed by atoms with E-state index in [4.69, 9.17) is 0 Å². The summed E-state index contributed by atoms with van der Waals surface area (Å²) in [6, 6.07) is 54.0. The third-order valence-corrected chi connectivity index (χ3v) is 10.6. The van der Waals surface area contributed by atoms with E-state index in [1.165, 1.54) is 87.6 Å². The molecule has 48 heavy (non-hydrogen) atoms. The van der Waals surface area contributed by atoms with Crippen molar-refractivity contribution in [3.8, 4) is 33.4 Å². The zero-order valence-corrected chi connectivity index (χ0v) is 26.5. The summed E-state index contributed by atoms with van der Waals surface area (Å²) in [4.78, 5) is 0. The standard InChI is InChI=1S/C48H32/c1-2-14-33-28-35(26-24-31(33)12-1)34-15-11-16-36(29-34)47-41-20-7-9-22-43(41)48(44-23-10-8-21-42(44)47)45-30-37-27-25-32-13-3-4-17-38(32)46(37)40-19-6-5-18-39(40)45/h1-30,32,38H. The zero-order chi connectivity index (χ0) is 31.6. The topological polar surface area (TPSA) is 0 Å². The van der Waals surface area contributed by atoms with Crippen molar-refractivity contribution in [3.05, 3.63) is 187 Å². The number of fused-ring (bicyclic) bond motifs is 8. The molecule has 2 unspecified atom stereocenters. The van der Waals surface area contributed by atoms with Crippen molar-refractivity contribution in [1.82, 2.24) is 0 Å². The van der Waals surface area contributed by atoms with Gasteiger partial charge in [-0.25, -0.2) is 0 Å². The molecule has 8 aromatic rings. The lowest BCUT2D eigenvalue weighted by Crippen LogP contribution is -2.14. The Kier molecular flexibility index (Phi) is 6.11. The van der Waals surface area contributed by atoms with E-state index in [-0.39, 0.29) is 0 Å². The molecule has 2 aliphatic rings. The minimum Gasteiger partial charge on any atom is -0.0767 e. The highest BCUT2D eigenvalue weighted by molar-refractivity contribution is 6.24. The Hall–Kier alpha value is -5.98. The molecular weight excluding hydrogens is 577 g/mol. The summed E-state index contributed by atoms with van der Waals surface area (Å²) in [5, 5.41) is 10.3. The summed E-state index contributed by atoms with van der Waals surface area (Å²) in [7, 11) is 0. The van der Waals surface area contributed by atoms with Crippen LogP contribution >= 0.6 is 0 Å². The van der Waals surface area contributed by atoms with E-state index in [1.54, 1.807) is 0 Å². The maximum Gasteiger partial charge on any atom is 0.0131 e. The summed E-state index contributed by atoms with van der Waals surface area (Å²) >= 11 is 0. The van der Waals surface area contributed by atoms with E-state index in [0.717, 1.165) is 0 Å². The molecular formula is C48H32. The molecule has 0 heteroatoms. The Bertz CT molecular complexity index is 2620. The minimum absolute atomic E-state index is 0.361. The Morgan fingerprint density at radius 1 is 0.375 bits per heavy atom. The molecule has 0 spiro atoms. The molecule has 8 aromatic carbocycles. The van der Waals surface area contributed by atoms with Gasteiger partial charge in [0.2, 0.25) is 0 Å². The van der Waals surface area contributed by atoms with Crippen LogP contribution in [0.5, 0.6) is 0 Å². The van der Waals surface area contributed by atoms with E-state index < -0.39 is 0 Å². The molecule has 10 rings (SSSR count). The third-order valence-electron chi connectivity index (χ3n) is 10.6. The lowest BCUT2D eigenvalue weighted by atomic mass is 9.74. The summed E-state index contributed by atoms with van der Waals surface area (Å²) < 4.78 is 0. The summed E-state index contributed by atoms with van der Waals surface area (Å²) in [6.07, 6.45) is 13.8. The van der Waals surface area contributed by atoms with Crippen LogP contribution in [0, 0.1) is 5.92 Å². The van der Waals surface area contributed by atoms with Gasteiger partial charge in [0.25, 0.3) is 0 Å². The van der Waals surface area contributed by atoms with Crippen molar-refractivity contribution in [2.45, 2.75) is 5.92 Å². The number of allylic oxidation sites excluding steroid dienone is 5. The van der Waals surface area contributed by atoms with Crippen molar-refractivity contribution >= 4 is 49.2 Å². The van der Waals surface area contributed by atoms with Gasteiger partial charge in [0.05, 0.1) is 0 Å². The van der Waals surface area contributed by atoms with Gasteiger partial charge in [-0.05, 0) is 106 Å². The largest absolute Gasteiger partial charge is 0.0767 e.